The molecule has 1 aromatic carbocycles. The van der Waals surface area contributed by atoms with Crippen molar-refractivity contribution in [3.8, 4) is 0 Å². The molecule has 5 saturated carbocycles. The Labute approximate surface area is 248 Å². The molecule has 0 aromatic heterocycles. The highest BCUT2D eigenvalue weighted by molar-refractivity contribution is 5.95. The summed E-state index contributed by atoms with van der Waals surface area (Å²) < 4.78 is 31.8. The van der Waals surface area contributed by atoms with E-state index < -0.39 is 5.60 Å². The summed E-state index contributed by atoms with van der Waals surface area (Å²) in [5.41, 5.74) is 5.93. The van der Waals surface area contributed by atoms with Crippen LogP contribution in [0.15, 0.2) is 24.3 Å². The second-order valence-electron chi connectivity index (χ2n) is 14.0. The SMILES string of the molecule is CCN1C[C@]2(COC(=O)c3ccccc3N)CC[C@H](OC)[C@@]34[C@@H]5C[C@@H]6[C@@H](OC)[C@@H]5[C@](OC(C)=O)(C[C@H]6OC)[C@@H](C[C@@H]23)[C@@H]14. The van der Waals surface area contributed by atoms with Crippen molar-refractivity contribution in [2.75, 3.05) is 46.8 Å². The molecule has 1 aliphatic heterocycles. The topological polar surface area (TPSA) is 110 Å². The molecule has 1 heterocycles. The fraction of sp³-hybridized carbons (Fsp3) is 0.758. The van der Waals surface area contributed by atoms with Crippen LogP contribution in [0, 0.1) is 40.4 Å². The van der Waals surface area contributed by atoms with Gasteiger partial charge < -0.3 is 29.4 Å². The van der Waals surface area contributed by atoms with Gasteiger partial charge >= 0.3 is 11.9 Å². The van der Waals surface area contributed by atoms with Gasteiger partial charge in [0.05, 0.1) is 30.5 Å². The van der Waals surface area contributed by atoms with E-state index in [-0.39, 0.29) is 76.7 Å². The molecule has 9 nitrogen and oxygen atoms in total. The molecule has 1 saturated heterocycles. The number of anilines is 1. The van der Waals surface area contributed by atoms with E-state index >= 15 is 0 Å². The number of rotatable bonds is 8. The molecule has 9 heteroatoms. The number of piperidine rings is 1. The van der Waals surface area contributed by atoms with E-state index in [4.69, 9.17) is 29.4 Å². The van der Waals surface area contributed by atoms with Crippen molar-refractivity contribution in [1.82, 2.24) is 4.90 Å². The number of nitrogens with two attached hydrogens (primary N) is 1. The van der Waals surface area contributed by atoms with Crippen molar-refractivity contribution in [2.45, 2.75) is 75.9 Å². The lowest BCUT2D eigenvalue weighted by atomic mass is 9.43. The van der Waals surface area contributed by atoms with Crippen molar-refractivity contribution >= 4 is 17.6 Å². The number of hydrogen-bond donors (Lipinski definition) is 1. The average molecular weight is 583 g/mol. The van der Waals surface area contributed by atoms with E-state index in [1.54, 1.807) is 33.3 Å². The third kappa shape index (κ3) is 3.45. The van der Waals surface area contributed by atoms with Crippen LogP contribution < -0.4 is 5.73 Å². The number of nitrogen functional groups attached to an aromatic ring is 1. The molecule has 5 aliphatic carbocycles. The third-order valence-electron chi connectivity index (χ3n) is 12.9. The molecule has 6 aliphatic rings. The van der Waals surface area contributed by atoms with Crippen LogP contribution in [0.2, 0.25) is 0 Å². The lowest BCUT2D eigenvalue weighted by Crippen LogP contribution is -2.77. The number of fused-ring (bicyclic) bond motifs is 2. The van der Waals surface area contributed by atoms with Gasteiger partial charge in [0, 0.05) is 81.5 Å². The lowest BCUT2D eigenvalue weighted by Gasteiger charge is -2.69. The molecule has 42 heavy (non-hydrogen) atoms. The molecule has 1 spiro atoms. The summed E-state index contributed by atoms with van der Waals surface area (Å²) in [5.74, 6) is 0.317. The molecule has 0 amide bonds. The Morgan fingerprint density at radius 2 is 1.86 bits per heavy atom. The van der Waals surface area contributed by atoms with Gasteiger partial charge in [0.2, 0.25) is 0 Å². The zero-order chi connectivity index (χ0) is 29.6. The standard InChI is InChI=1S/C33H46N2O7/c1-6-35-16-31(17-41-30(37)19-9-7-8-10-23(19)34)12-11-26(39-4)33-21-13-20-24(38-3)15-32(42-18(2)36,27(21)28(20)40-5)22(29(33)35)14-25(31)33/h7-10,20-22,24-29H,6,11-17,34H2,1-5H3/t20-,21+,22-,24+,25-,26-,27+,28+,29+,31-,32-,33+/m0/s1. The molecule has 2 N–H and O–H groups in total. The zero-order valence-corrected chi connectivity index (χ0v) is 25.5. The van der Waals surface area contributed by atoms with Crippen LogP contribution >= 0.6 is 0 Å². The number of carbonyl (C=O) groups is 2. The fourth-order valence-corrected chi connectivity index (χ4v) is 12.0. The molecule has 0 unspecified atom stereocenters. The molecule has 0 radical (unpaired) electrons. The van der Waals surface area contributed by atoms with Crippen LogP contribution in [0.4, 0.5) is 5.69 Å². The van der Waals surface area contributed by atoms with Crippen molar-refractivity contribution in [3.63, 3.8) is 0 Å². The Kier molecular flexibility index (Phi) is 6.74. The van der Waals surface area contributed by atoms with Crippen LogP contribution in [0.25, 0.3) is 0 Å². The summed E-state index contributed by atoms with van der Waals surface area (Å²) in [7, 11) is 5.45. The maximum Gasteiger partial charge on any atom is 0.340 e. The van der Waals surface area contributed by atoms with Crippen LogP contribution in [0.3, 0.4) is 0 Å². The van der Waals surface area contributed by atoms with Gasteiger partial charge in [0.1, 0.15) is 5.60 Å². The lowest BCUT2D eigenvalue weighted by molar-refractivity contribution is -0.281. The zero-order valence-electron chi connectivity index (χ0n) is 25.5. The van der Waals surface area contributed by atoms with Crippen molar-refractivity contribution in [3.05, 3.63) is 29.8 Å². The molecule has 230 valence electrons. The Hall–Kier alpha value is -2.20. The number of likely N-dealkylation sites (tertiary alicyclic amines) is 1. The first-order valence-electron chi connectivity index (χ1n) is 15.8. The van der Waals surface area contributed by atoms with Crippen molar-refractivity contribution in [1.29, 1.82) is 0 Å². The second kappa shape index (κ2) is 9.91. The minimum Gasteiger partial charge on any atom is -0.461 e. The first kappa shape index (κ1) is 28.6. The largest absolute Gasteiger partial charge is 0.461 e. The number of para-hydroxylation sites is 1. The van der Waals surface area contributed by atoms with Crippen molar-refractivity contribution < 1.29 is 33.3 Å². The summed E-state index contributed by atoms with van der Waals surface area (Å²) in [6, 6.07) is 7.32. The maximum atomic E-state index is 13.4. The monoisotopic (exact) mass is 582 g/mol. The molecular formula is C33H46N2O7. The molecule has 1 aromatic rings. The minimum atomic E-state index is -0.672. The summed E-state index contributed by atoms with van der Waals surface area (Å²) in [6.07, 6.45) is 4.38. The number of ether oxygens (including phenoxy) is 5. The fourth-order valence-electron chi connectivity index (χ4n) is 12.0. The van der Waals surface area contributed by atoms with Crippen LogP contribution in [0.5, 0.6) is 0 Å². The van der Waals surface area contributed by atoms with E-state index in [0.29, 0.717) is 24.3 Å². The third-order valence-corrected chi connectivity index (χ3v) is 12.9. The van der Waals surface area contributed by atoms with Gasteiger partial charge in [0.15, 0.2) is 0 Å². The van der Waals surface area contributed by atoms with Gasteiger partial charge in [0.25, 0.3) is 0 Å². The molecule has 12 atom stereocenters. The Balaban J connectivity index is 1.36. The molecular weight excluding hydrogens is 536 g/mol. The van der Waals surface area contributed by atoms with Crippen molar-refractivity contribution in [2.24, 2.45) is 40.4 Å². The molecule has 7 rings (SSSR count). The van der Waals surface area contributed by atoms with E-state index in [2.05, 4.69) is 11.8 Å². The quantitative estimate of drug-likeness (QED) is 0.364. The first-order chi connectivity index (χ1) is 20.2. The van der Waals surface area contributed by atoms with E-state index in [9.17, 15) is 9.59 Å². The van der Waals surface area contributed by atoms with Gasteiger partial charge in [-0.3, -0.25) is 9.69 Å². The predicted molar refractivity (Wildman–Crippen MR) is 154 cm³/mol. The highest BCUT2D eigenvalue weighted by atomic mass is 16.6. The van der Waals surface area contributed by atoms with E-state index in [0.717, 1.165) is 38.8 Å². The maximum absolute atomic E-state index is 13.4. The molecule has 6 fully saturated rings. The summed E-state index contributed by atoms with van der Waals surface area (Å²) >= 11 is 0. The van der Waals surface area contributed by atoms with Gasteiger partial charge in [-0.2, -0.15) is 0 Å². The minimum absolute atomic E-state index is 0.0344. The van der Waals surface area contributed by atoms with Crippen LogP contribution in [0.1, 0.15) is 56.3 Å². The number of methoxy groups -OCH3 is 3. The highest BCUT2D eigenvalue weighted by Gasteiger charge is 2.85. The number of carbonyl (C=O) groups excluding carboxylic acids is 2. The Bertz CT molecular complexity index is 1260. The first-order valence-corrected chi connectivity index (χ1v) is 15.8. The van der Waals surface area contributed by atoms with Gasteiger partial charge in [-0.05, 0) is 56.2 Å². The van der Waals surface area contributed by atoms with Gasteiger partial charge in [-0.25, -0.2) is 4.79 Å². The average Bonchev–Trinajstić information content (AvgIpc) is 3.44. The van der Waals surface area contributed by atoms with Gasteiger partial charge in [-0.15, -0.1) is 0 Å². The Morgan fingerprint density at radius 3 is 2.52 bits per heavy atom. The summed E-state index contributed by atoms with van der Waals surface area (Å²) in [4.78, 5) is 28.9. The number of benzene rings is 1. The predicted octanol–water partition coefficient (Wildman–Crippen LogP) is 3.55. The summed E-state index contributed by atoms with van der Waals surface area (Å²) in [5, 5.41) is 0. The molecule has 7 bridgehead atoms. The summed E-state index contributed by atoms with van der Waals surface area (Å²) in [6.45, 7) is 5.83. The van der Waals surface area contributed by atoms with Gasteiger partial charge in [-0.1, -0.05) is 19.1 Å². The number of hydrogen-bond acceptors (Lipinski definition) is 9. The van der Waals surface area contributed by atoms with E-state index in [1.165, 1.54) is 0 Å². The number of nitrogens with zero attached hydrogens (tertiary/aromatic N) is 1. The van der Waals surface area contributed by atoms with Crippen LogP contribution in [-0.4, -0.2) is 87.8 Å². The van der Waals surface area contributed by atoms with E-state index in [1.807, 2.05) is 19.2 Å². The Morgan fingerprint density at radius 1 is 1.07 bits per heavy atom. The highest BCUT2D eigenvalue weighted by Crippen LogP contribution is 2.80. The smallest absolute Gasteiger partial charge is 0.340 e. The van der Waals surface area contributed by atoms with Crippen LogP contribution in [-0.2, 0) is 28.5 Å². The second-order valence-corrected chi connectivity index (χ2v) is 14.0. The number of esters is 2. The normalized spacial score (nSPS) is 46.4.